The van der Waals surface area contributed by atoms with Gasteiger partial charge in [0.1, 0.15) is 5.75 Å². The van der Waals surface area contributed by atoms with Crippen LogP contribution in [0.3, 0.4) is 0 Å². The van der Waals surface area contributed by atoms with Crippen LogP contribution in [0.25, 0.3) is 12.2 Å². The molecular weight excluding hydrogens is 276 g/mol. The Kier molecular flexibility index (Phi) is 5.44. The summed E-state index contributed by atoms with van der Waals surface area (Å²) >= 11 is 0. The second kappa shape index (κ2) is 7.74. The SMILES string of the molecule is O=C(/C=C/c1ccccc1)CC(=O)/C=C/c1ccc(O)cc1. The first-order valence-electron chi connectivity index (χ1n) is 6.89. The highest BCUT2D eigenvalue weighted by Crippen LogP contribution is 2.11. The van der Waals surface area contributed by atoms with E-state index in [1.807, 2.05) is 30.3 Å². The van der Waals surface area contributed by atoms with Gasteiger partial charge in [0, 0.05) is 0 Å². The Morgan fingerprint density at radius 1 is 0.773 bits per heavy atom. The van der Waals surface area contributed by atoms with Crippen molar-refractivity contribution < 1.29 is 14.7 Å². The van der Waals surface area contributed by atoms with Gasteiger partial charge in [-0.2, -0.15) is 0 Å². The number of allylic oxidation sites excluding steroid dienone is 2. The third-order valence-electron chi connectivity index (χ3n) is 2.96. The molecule has 0 atom stereocenters. The molecule has 2 aromatic carbocycles. The second-order valence-corrected chi connectivity index (χ2v) is 4.78. The number of carbonyl (C=O) groups is 2. The van der Waals surface area contributed by atoms with Crippen molar-refractivity contribution in [2.45, 2.75) is 6.42 Å². The fourth-order valence-electron chi connectivity index (χ4n) is 1.82. The molecule has 0 aromatic heterocycles. The van der Waals surface area contributed by atoms with Crippen LogP contribution in [0.2, 0.25) is 0 Å². The zero-order chi connectivity index (χ0) is 15.8. The molecule has 0 unspecified atom stereocenters. The molecule has 0 spiro atoms. The van der Waals surface area contributed by atoms with E-state index >= 15 is 0 Å². The lowest BCUT2D eigenvalue weighted by Gasteiger charge is -1.95. The molecule has 0 aliphatic carbocycles. The summed E-state index contributed by atoms with van der Waals surface area (Å²) in [7, 11) is 0. The van der Waals surface area contributed by atoms with Crippen molar-refractivity contribution in [3.05, 3.63) is 77.9 Å². The molecule has 0 aliphatic heterocycles. The molecule has 0 heterocycles. The van der Waals surface area contributed by atoms with Crippen LogP contribution in [0.1, 0.15) is 17.5 Å². The molecule has 0 saturated carbocycles. The van der Waals surface area contributed by atoms with Gasteiger partial charge >= 0.3 is 0 Å². The minimum absolute atomic E-state index is 0.155. The van der Waals surface area contributed by atoms with Gasteiger partial charge in [0.2, 0.25) is 0 Å². The van der Waals surface area contributed by atoms with E-state index in [0.29, 0.717) is 0 Å². The van der Waals surface area contributed by atoms with Gasteiger partial charge in [-0.3, -0.25) is 9.59 Å². The van der Waals surface area contributed by atoms with Crippen LogP contribution in [0.15, 0.2) is 66.7 Å². The van der Waals surface area contributed by atoms with Gasteiger partial charge in [-0.25, -0.2) is 0 Å². The summed E-state index contributed by atoms with van der Waals surface area (Å²) in [6.45, 7) is 0. The Morgan fingerprint density at radius 3 is 1.82 bits per heavy atom. The lowest BCUT2D eigenvalue weighted by atomic mass is 10.1. The predicted octanol–water partition coefficient (Wildman–Crippen LogP) is 3.65. The van der Waals surface area contributed by atoms with E-state index in [-0.39, 0.29) is 23.7 Å². The molecule has 0 amide bonds. The topological polar surface area (TPSA) is 54.4 Å². The van der Waals surface area contributed by atoms with Crippen molar-refractivity contribution in [3.8, 4) is 5.75 Å². The average molecular weight is 292 g/mol. The first kappa shape index (κ1) is 15.4. The first-order valence-corrected chi connectivity index (χ1v) is 6.89. The molecular formula is C19H16O3. The van der Waals surface area contributed by atoms with E-state index in [1.165, 1.54) is 24.3 Å². The van der Waals surface area contributed by atoms with Crippen LogP contribution in [0.4, 0.5) is 0 Å². The lowest BCUT2D eigenvalue weighted by Crippen LogP contribution is -2.01. The number of phenolic OH excluding ortho intramolecular Hbond substituents is 1. The van der Waals surface area contributed by atoms with Gasteiger partial charge in [0.25, 0.3) is 0 Å². The standard InChI is InChI=1S/C19H16O3/c20-17-10-6-16(7-11-17)9-13-19(22)14-18(21)12-8-15-4-2-1-3-5-15/h1-13,20H,14H2/b12-8+,13-9+. The van der Waals surface area contributed by atoms with Gasteiger partial charge in [0.15, 0.2) is 11.6 Å². The Balaban J connectivity index is 1.87. The normalized spacial score (nSPS) is 11.1. The lowest BCUT2D eigenvalue weighted by molar-refractivity contribution is -0.121. The average Bonchev–Trinajstić information content (AvgIpc) is 2.53. The van der Waals surface area contributed by atoms with Crippen LogP contribution < -0.4 is 0 Å². The predicted molar refractivity (Wildman–Crippen MR) is 87.2 cm³/mol. The second-order valence-electron chi connectivity index (χ2n) is 4.78. The molecule has 110 valence electrons. The summed E-state index contributed by atoms with van der Waals surface area (Å²) in [5.41, 5.74) is 1.71. The third-order valence-corrected chi connectivity index (χ3v) is 2.96. The molecule has 1 N–H and O–H groups in total. The monoisotopic (exact) mass is 292 g/mol. The van der Waals surface area contributed by atoms with Crippen LogP contribution in [-0.2, 0) is 9.59 Å². The summed E-state index contributed by atoms with van der Waals surface area (Å²) in [5.74, 6) is -0.315. The summed E-state index contributed by atoms with van der Waals surface area (Å²) in [5, 5.41) is 9.16. The Bertz CT molecular complexity index is 695. The number of hydrogen-bond donors (Lipinski definition) is 1. The molecule has 3 heteroatoms. The van der Waals surface area contributed by atoms with Crippen LogP contribution >= 0.6 is 0 Å². The summed E-state index contributed by atoms with van der Waals surface area (Å²) in [6, 6.07) is 15.9. The molecule has 2 rings (SSSR count). The first-order chi connectivity index (χ1) is 10.6. The smallest absolute Gasteiger partial charge is 0.163 e. The zero-order valence-corrected chi connectivity index (χ0v) is 12.0. The third kappa shape index (κ3) is 5.21. The van der Waals surface area contributed by atoms with Gasteiger partial charge in [-0.15, -0.1) is 0 Å². The zero-order valence-electron chi connectivity index (χ0n) is 12.0. The van der Waals surface area contributed by atoms with Gasteiger partial charge in [-0.1, -0.05) is 54.6 Å². The summed E-state index contributed by atoms with van der Waals surface area (Å²) in [4.78, 5) is 23.4. The van der Waals surface area contributed by atoms with E-state index in [2.05, 4.69) is 0 Å². The van der Waals surface area contributed by atoms with Crippen LogP contribution in [0, 0.1) is 0 Å². The van der Waals surface area contributed by atoms with E-state index in [4.69, 9.17) is 5.11 Å². The minimum atomic E-state index is -0.254. The Labute approximate surface area is 129 Å². The molecule has 0 bridgehead atoms. The van der Waals surface area contributed by atoms with Crippen molar-refractivity contribution in [2.75, 3.05) is 0 Å². The summed E-state index contributed by atoms with van der Waals surface area (Å²) < 4.78 is 0. The molecule has 0 saturated heterocycles. The molecule has 22 heavy (non-hydrogen) atoms. The maximum absolute atomic E-state index is 11.7. The number of phenols is 1. The Hall–Kier alpha value is -2.94. The van der Waals surface area contributed by atoms with Crippen molar-refractivity contribution in [1.29, 1.82) is 0 Å². The fraction of sp³-hybridized carbons (Fsp3) is 0.0526. The van der Waals surface area contributed by atoms with Gasteiger partial charge in [0.05, 0.1) is 6.42 Å². The molecule has 0 aliphatic rings. The number of hydrogen-bond acceptors (Lipinski definition) is 3. The van der Waals surface area contributed by atoms with E-state index in [0.717, 1.165) is 11.1 Å². The molecule has 0 fully saturated rings. The van der Waals surface area contributed by atoms with Crippen molar-refractivity contribution in [2.24, 2.45) is 0 Å². The fourth-order valence-corrected chi connectivity index (χ4v) is 1.82. The van der Waals surface area contributed by atoms with Crippen molar-refractivity contribution >= 4 is 23.7 Å². The Morgan fingerprint density at radius 2 is 1.27 bits per heavy atom. The molecule has 3 nitrogen and oxygen atoms in total. The quantitative estimate of drug-likeness (QED) is 0.653. The largest absolute Gasteiger partial charge is 0.508 e. The van der Waals surface area contributed by atoms with Crippen molar-refractivity contribution in [3.63, 3.8) is 0 Å². The van der Waals surface area contributed by atoms with E-state index in [1.54, 1.807) is 24.3 Å². The van der Waals surface area contributed by atoms with Crippen molar-refractivity contribution in [1.82, 2.24) is 0 Å². The minimum Gasteiger partial charge on any atom is -0.508 e. The summed E-state index contributed by atoms with van der Waals surface area (Å²) in [6.07, 6.45) is 5.95. The molecule has 2 aromatic rings. The van der Waals surface area contributed by atoms with Gasteiger partial charge in [-0.05, 0) is 35.4 Å². The maximum Gasteiger partial charge on any atom is 0.163 e. The number of aromatic hydroxyl groups is 1. The molecule has 0 radical (unpaired) electrons. The van der Waals surface area contributed by atoms with Crippen LogP contribution in [-0.4, -0.2) is 16.7 Å². The van der Waals surface area contributed by atoms with Crippen LogP contribution in [0.5, 0.6) is 5.75 Å². The number of carbonyl (C=O) groups excluding carboxylic acids is 2. The van der Waals surface area contributed by atoms with E-state index < -0.39 is 0 Å². The number of benzene rings is 2. The number of rotatable bonds is 6. The maximum atomic E-state index is 11.7. The highest BCUT2D eigenvalue weighted by Gasteiger charge is 2.03. The van der Waals surface area contributed by atoms with E-state index in [9.17, 15) is 9.59 Å². The highest BCUT2D eigenvalue weighted by molar-refractivity contribution is 6.10. The van der Waals surface area contributed by atoms with Gasteiger partial charge < -0.3 is 5.11 Å². The number of ketones is 2. The highest BCUT2D eigenvalue weighted by atomic mass is 16.3.